The first-order chi connectivity index (χ1) is 8.77. The van der Waals surface area contributed by atoms with E-state index in [0.29, 0.717) is 12.0 Å². The van der Waals surface area contributed by atoms with Crippen LogP contribution in [0.5, 0.6) is 0 Å². The molecule has 0 radical (unpaired) electrons. The van der Waals surface area contributed by atoms with Crippen LogP contribution in [0.2, 0.25) is 0 Å². The highest BCUT2D eigenvalue weighted by molar-refractivity contribution is 5.01. The van der Waals surface area contributed by atoms with Gasteiger partial charge in [0.2, 0.25) is 0 Å². The van der Waals surface area contributed by atoms with Gasteiger partial charge in [-0.1, -0.05) is 13.8 Å². The van der Waals surface area contributed by atoms with Crippen LogP contribution < -0.4 is 5.32 Å². The highest BCUT2D eigenvalue weighted by Gasteiger charge is 2.23. The summed E-state index contributed by atoms with van der Waals surface area (Å²) in [5.41, 5.74) is 1.15. The topological polar surface area (TPSA) is 41.1 Å². The van der Waals surface area contributed by atoms with Crippen LogP contribution in [0.1, 0.15) is 32.3 Å². The maximum Gasteiger partial charge on any atom is 0.115 e. The summed E-state index contributed by atoms with van der Waals surface area (Å²) in [7, 11) is 0. The quantitative estimate of drug-likeness (QED) is 0.832. The fraction of sp³-hybridized carbons (Fsp3) is 0.714. The molecule has 0 spiro atoms. The van der Waals surface area contributed by atoms with Crippen molar-refractivity contribution in [3.63, 3.8) is 0 Å². The van der Waals surface area contributed by atoms with E-state index < -0.39 is 0 Å². The summed E-state index contributed by atoms with van der Waals surface area (Å²) in [5.74, 6) is 0.697. The largest absolute Gasteiger partial charge is 0.311 e. The van der Waals surface area contributed by atoms with Gasteiger partial charge in [0.15, 0.2) is 0 Å². The molecule has 1 aromatic heterocycles. The Morgan fingerprint density at radius 1 is 1.22 bits per heavy atom. The Morgan fingerprint density at radius 3 is 2.50 bits per heavy atom. The molecule has 1 unspecified atom stereocenters. The molecule has 2 heterocycles. The van der Waals surface area contributed by atoms with E-state index in [2.05, 4.69) is 34.0 Å². The van der Waals surface area contributed by atoms with Crippen LogP contribution in [0.3, 0.4) is 0 Å². The summed E-state index contributed by atoms with van der Waals surface area (Å²) in [6.07, 6.45) is 8.04. The van der Waals surface area contributed by atoms with Crippen LogP contribution in [-0.4, -0.2) is 40.5 Å². The molecule has 1 aliphatic heterocycles. The number of nitrogens with one attached hydrogen (secondary N) is 1. The summed E-state index contributed by atoms with van der Waals surface area (Å²) in [5, 5.41) is 3.54. The number of hydrogen-bond donors (Lipinski definition) is 1. The molecule has 1 aliphatic rings. The van der Waals surface area contributed by atoms with E-state index in [1.165, 1.54) is 25.9 Å². The first-order valence-electron chi connectivity index (χ1n) is 6.96. The maximum absolute atomic E-state index is 4.03. The van der Waals surface area contributed by atoms with E-state index in [0.717, 1.165) is 18.7 Å². The zero-order chi connectivity index (χ0) is 12.8. The summed E-state index contributed by atoms with van der Waals surface area (Å²) in [4.78, 5) is 10.7. The molecule has 0 amide bonds. The minimum atomic E-state index is 0.650. The van der Waals surface area contributed by atoms with E-state index in [4.69, 9.17) is 0 Å². The third-order valence-corrected chi connectivity index (χ3v) is 3.68. The first kappa shape index (κ1) is 13.4. The zero-order valence-electron chi connectivity index (χ0n) is 11.5. The standard InChI is InChI=1S/C14H24N4/c1-12(2)14(18-5-3-4-6-18)10-15-7-13-8-16-11-17-9-13/h8-9,11-12,14-15H,3-7,10H2,1-2H3. The smallest absolute Gasteiger partial charge is 0.115 e. The second-order valence-electron chi connectivity index (χ2n) is 5.43. The molecule has 1 N–H and O–H groups in total. The van der Waals surface area contributed by atoms with Gasteiger partial charge in [-0.15, -0.1) is 0 Å². The molecule has 0 saturated carbocycles. The maximum atomic E-state index is 4.03. The van der Waals surface area contributed by atoms with E-state index in [-0.39, 0.29) is 0 Å². The Morgan fingerprint density at radius 2 is 1.89 bits per heavy atom. The molecule has 0 aromatic carbocycles. The number of aromatic nitrogens is 2. The van der Waals surface area contributed by atoms with E-state index in [1.54, 1.807) is 6.33 Å². The summed E-state index contributed by atoms with van der Waals surface area (Å²) >= 11 is 0. The molecule has 1 atom stereocenters. The average Bonchev–Trinajstić information content (AvgIpc) is 2.89. The van der Waals surface area contributed by atoms with Gasteiger partial charge in [0.1, 0.15) is 6.33 Å². The summed E-state index contributed by atoms with van der Waals surface area (Å²) in [6.45, 7) is 9.06. The van der Waals surface area contributed by atoms with Crippen LogP contribution in [0, 0.1) is 5.92 Å². The zero-order valence-corrected chi connectivity index (χ0v) is 11.5. The molecule has 0 aliphatic carbocycles. The van der Waals surface area contributed by atoms with Gasteiger partial charge in [-0.25, -0.2) is 9.97 Å². The van der Waals surface area contributed by atoms with Crippen molar-refractivity contribution < 1.29 is 0 Å². The average molecular weight is 248 g/mol. The Hall–Kier alpha value is -1.00. The third-order valence-electron chi connectivity index (χ3n) is 3.68. The fourth-order valence-corrected chi connectivity index (χ4v) is 2.65. The lowest BCUT2D eigenvalue weighted by Gasteiger charge is -2.31. The Kier molecular flexibility index (Phi) is 5.08. The van der Waals surface area contributed by atoms with Crippen molar-refractivity contribution in [1.29, 1.82) is 0 Å². The van der Waals surface area contributed by atoms with Gasteiger partial charge < -0.3 is 5.32 Å². The predicted octanol–water partition coefficient (Wildman–Crippen LogP) is 1.69. The van der Waals surface area contributed by atoms with Gasteiger partial charge in [-0.05, 0) is 31.8 Å². The lowest BCUT2D eigenvalue weighted by molar-refractivity contribution is 0.186. The lowest BCUT2D eigenvalue weighted by atomic mass is 10.0. The van der Waals surface area contributed by atoms with Crippen LogP contribution in [0.4, 0.5) is 0 Å². The highest BCUT2D eigenvalue weighted by Crippen LogP contribution is 2.17. The number of likely N-dealkylation sites (tertiary alicyclic amines) is 1. The second kappa shape index (κ2) is 6.81. The monoisotopic (exact) mass is 248 g/mol. The predicted molar refractivity (Wildman–Crippen MR) is 73.2 cm³/mol. The van der Waals surface area contributed by atoms with Gasteiger partial charge in [0.05, 0.1) is 0 Å². The van der Waals surface area contributed by atoms with E-state index >= 15 is 0 Å². The molecule has 1 fully saturated rings. The minimum absolute atomic E-state index is 0.650. The highest BCUT2D eigenvalue weighted by atomic mass is 15.2. The first-order valence-corrected chi connectivity index (χ1v) is 6.96. The molecular weight excluding hydrogens is 224 g/mol. The third kappa shape index (κ3) is 3.75. The molecule has 18 heavy (non-hydrogen) atoms. The Bertz CT molecular complexity index is 333. The molecule has 100 valence electrons. The SMILES string of the molecule is CC(C)C(CNCc1cncnc1)N1CCCC1. The van der Waals surface area contributed by atoms with Gasteiger partial charge in [0.25, 0.3) is 0 Å². The van der Waals surface area contributed by atoms with Crippen LogP contribution >= 0.6 is 0 Å². The van der Waals surface area contributed by atoms with Crippen molar-refractivity contribution in [2.75, 3.05) is 19.6 Å². The van der Waals surface area contributed by atoms with Crippen molar-refractivity contribution >= 4 is 0 Å². The summed E-state index contributed by atoms with van der Waals surface area (Å²) < 4.78 is 0. The van der Waals surface area contributed by atoms with E-state index in [1.807, 2.05) is 12.4 Å². The van der Waals surface area contributed by atoms with Gasteiger partial charge in [-0.3, -0.25) is 4.90 Å². The van der Waals surface area contributed by atoms with Gasteiger partial charge in [0, 0.05) is 37.1 Å². The van der Waals surface area contributed by atoms with Crippen LogP contribution in [-0.2, 0) is 6.54 Å². The van der Waals surface area contributed by atoms with E-state index in [9.17, 15) is 0 Å². The number of rotatable bonds is 6. The van der Waals surface area contributed by atoms with Crippen LogP contribution in [0.15, 0.2) is 18.7 Å². The minimum Gasteiger partial charge on any atom is -0.311 e. The van der Waals surface area contributed by atoms with Crippen molar-refractivity contribution in [3.8, 4) is 0 Å². The van der Waals surface area contributed by atoms with Crippen molar-refractivity contribution in [3.05, 3.63) is 24.3 Å². The summed E-state index contributed by atoms with van der Waals surface area (Å²) in [6, 6.07) is 0.650. The van der Waals surface area contributed by atoms with Gasteiger partial charge in [-0.2, -0.15) is 0 Å². The van der Waals surface area contributed by atoms with Crippen molar-refractivity contribution in [1.82, 2.24) is 20.2 Å². The number of nitrogens with zero attached hydrogens (tertiary/aromatic N) is 3. The normalized spacial score (nSPS) is 18.4. The van der Waals surface area contributed by atoms with Gasteiger partial charge >= 0.3 is 0 Å². The molecule has 0 bridgehead atoms. The second-order valence-corrected chi connectivity index (χ2v) is 5.43. The fourth-order valence-electron chi connectivity index (χ4n) is 2.65. The van der Waals surface area contributed by atoms with Crippen molar-refractivity contribution in [2.24, 2.45) is 5.92 Å². The van der Waals surface area contributed by atoms with Crippen molar-refractivity contribution in [2.45, 2.75) is 39.3 Å². The lowest BCUT2D eigenvalue weighted by Crippen LogP contribution is -2.44. The van der Waals surface area contributed by atoms with Crippen LogP contribution in [0.25, 0.3) is 0 Å². The molecular formula is C14H24N4. The Labute approximate surface area is 110 Å². The number of hydrogen-bond acceptors (Lipinski definition) is 4. The molecule has 4 heteroatoms. The molecule has 4 nitrogen and oxygen atoms in total. The molecule has 1 aromatic rings. The molecule has 1 saturated heterocycles. The molecule has 2 rings (SSSR count). The Balaban J connectivity index is 1.79.